The van der Waals surface area contributed by atoms with E-state index in [1.165, 1.54) is 18.7 Å². The summed E-state index contributed by atoms with van der Waals surface area (Å²) >= 11 is 7.41. The van der Waals surface area contributed by atoms with Crippen molar-refractivity contribution >= 4 is 57.5 Å². The van der Waals surface area contributed by atoms with Crippen LogP contribution in [-0.2, 0) is 9.59 Å². The van der Waals surface area contributed by atoms with Crippen molar-refractivity contribution in [3.05, 3.63) is 84.0 Å². The molecular formula is C26H21ClN6O2S. The number of anilines is 2. The van der Waals surface area contributed by atoms with Crippen molar-refractivity contribution in [1.82, 2.24) is 19.7 Å². The average molecular weight is 517 g/mol. The second kappa shape index (κ2) is 10.3. The Morgan fingerprint density at radius 1 is 0.944 bits per heavy atom. The number of nitrogens with one attached hydrogen (secondary N) is 3. The van der Waals surface area contributed by atoms with E-state index in [0.29, 0.717) is 27.4 Å². The van der Waals surface area contributed by atoms with E-state index in [0.717, 1.165) is 22.2 Å². The molecule has 5 rings (SSSR count). The number of benzene rings is 3. The Balaban J connectivity index is 1.39. The average Bonchev–Trinajstić information content (AvgIpc) is 3.48. The molecule has 0 radical (unpaired) electrons. The number of para-hydroxylation sites is 1. The lowest BCUT2D eigenvalue weighted by Crippen LogP contribution is -2.14. The van der Waals surface area contributed by atoms with Crippen LogP contribution in [0.2, 0.25) is 5.02 Å². The van der Waals surface area contributed by atoms with Gasteiger partial charge in [0.15, 0.2) is 11.0 Å². The van der Waals surface area contributed by atoms with Crippen molar-refractivity contribution < 1.29 is 9.59 Å². The normalized spacial score (nSPS) is 10.9. The summed E-state index contributed by atoms with van der Waals surface area (Å²) in [5, 5.41) is 16.7. The predicted octanol–water partition coefficient (Wildman–Crippen LogP) is 5.76. The van der Waals surface area contributed by atoms with Gasteiger partial charge in [-0.2, -0.15) is 0 Å². The van der Waals surface area contributed by atoms with Gasteiger partial charge in [0.2, 0.25) is 11.8 Å². The van der Waals surface area contributed by atoms with E-state index >= 15 is 0 Å². The van der Waals surface area contributed by atoms with Crippen LogP contribution in [0.15, 0.2) is 84.1 Å². The van der Waals surface area contributed by atoms with Crippen molar-refractivity contribution in [3.8, 4) is 17.1 Å². The van der Waals surface area contributed by atoms with Gasteiger partial charge in [-0.15, -0.1) is 10.2 Å². The Hall–Kier alpha value is -4.08. The molecule has 2 heterocycles. The first-order valence-corrected chi connectivity index (χ1v) is 12.4. The van der Waals surface area contributed by atoms with Gasteiger partial charge in [-0.1, -0.05) is 41.6 Å². The number of fused-ring (bicyclic) bond motifs is 1. The Morgan fingerprint density at radius 3 is 2.36 bits per heavy atom. The fourth-order valence-electron chi connectivity index (χ4n) is 3.78. The van der Waals surface area contributed by atoms with Crippen LogP contribution in [0.5, 0.6) is 0 Å². The highest BCUT2D eigenvalue weighted by atomic mass is 35.5. The van der Waals surface area contributed by atoms with Gasteiger partial charge < -0.3 is 15.6 Å². The molecule has 0 aliphatic rings. The number of aromatic nitrogens is 4. The zero-order valence-corrected chi connectivity index (χ0v) is 20.7. The molecule has 0 fully saturated rings. The van der Waals surface area contributed by atoms with E-state index in [-0.39, 0.29) is 17.6 Å². The number of carbonyl (C=O) groups is 2. The Bertz CT molecular complexity index is 1540. The van der Waals surface area contributed by atoms with Gasteiger partial charge >= 0.3 is 0 Å². The molecule has 2 amide bonds. The number of thioether (sulfide) groups is 1. The molecule has 3 N–H and O–H groups in total. The third-order valence-electron chi connectivity index (χ3n) is 5.37. The van der Waals surface area contributed by atoms with Gasteiger partial charge in [-0.3, -0.25) is 14.2 Å². The number of amides is 2. The molecule has 0 saturated carbocycles. The molecule has 0 aliphatic carbocycles. The molecule has 36 heavy (non-hydrogen) atoms. The SMILES string of the molecule is CC(=O)Nc1ccc(NC(=O)CSc2nnc(-c3c[nH]c4ccccc34)n2-c2ccc(Cl)cc2)cc1. The lowest BCUT2D eigenvalue weighted by Gasteiger charge is -2.11. The van der Waals surface area contributed by atoms with Gasteiger partial charge in [0.1, 0.15) is 0 Å². The second-order valence-corrected chi connectivity index (χ2v) is 9.34. The molecule has 2 aromatic heterocycles. The van der Waals surface area contributed by atoms with Crippen LogP contribution in [-0.4, -0.2) is 37.3 Å². The highest BCUT2D eigenvalue weighted by molar-refractivity contribution is 7.99. The molecule has 10 heteroatoms. The van der Waals surface area contributed by atoms with Crippen LogP contribution in [0.4, 0.5) is 11.4 Å². The van der Waals surface area contributed by atoms with Gasteiger partial charge in [-0.25, -0.2) is 0 Å². The molecule has 0 unspecified atom stereocenters. The summed E-state index contributed by atoms with van der Waals surface area (Å²) in [6, 6.07) is 22.3. The fraction of sp³-hybridized carbons (Fsp3) is 0.0769. The minimum Gasteiger partial charge on any atom is -0.360 e. The van der Waals surface area contributed by atoms with Crippen molar-refractivity contribution in [2.45, 2.75) is 12.1 Å². The molecular weight excluding hydrogens is 496 g/mol. The molecule has 8 nitrogen and oxygen atoms in total. The number of halogens is 1. The molecule has 0 saturated heterocycles. The summed E-state index contributed by atoms with van der Waals surface area (Å²) < 4.78 is 1.92. The van der Waals surface area contributed by atoms with E-state index in [2.05, 4.69) is 25.8 Å². The third kappa shape index (κ3) is 5.12. The van der Waals surface area contributed by atoms with Crippen molar-refractivity contribution in [1.29, 1.82) is 0 Å². The first kappa shape index (κ1) is 23.7. The number of carbonyl (C=O) groups excluding carboxylic acids is 2. The summed E-state index contributed by atoms with van der Waals surface area (Å²) in [6.07, 6.45) is 1.91. The predicted molar refractivity (Wildman–Crippen MR) is 144 cm³/mol. The molecule has 3 aromatic carbocycles. The molecule has 5 aromatic rings. The molecule has 0 spiro atoms. The minimum absolute atomic E-state index is 0.132. The summed E-state index contributed by atoms with van der Waals surface area (Å²) in [6.45, 7) is 1.44. The van der Waals surface area contributed by atoms with E-state index < -0.39 is 0 Å². The third-order valence-corrected chi connectivity index (χ3v) is 6.55. The van der Waals surface area contributed by atoms with Crippen LogP contribution in [0.1, 0.15) is 6.92 Å². The summed E-state index contributed by atoms with van der Waals surface area (Å²) in [4.78, 5) is 27.1. The number of nitrogens with zero attached hydrogens (tertiary/aromatic N) is 3. The van der Waals surface area contributed by atoms with Crippen molar-refractivity contribution in [3.63, 3.8) is 0 Å². The number of rotatable bonds is 7. The fourth-order valence-corrected chi connectivity index (χ4v) is 4.66. The molecule has 0 aliphatic heterocycles. The second-order valence-electron chi connectivity index (χ2n) is 7.96. The van der Waals surface area contributed by atoms with Gasteiger partial charge in [0.25, 0.3) is 0 Å². The lowest BCUT2D eigenvalue weighted by atomic mass is 10.1. The molecule has 0 atom stereocenters. The van der Waals surface area contributed by atoms with Gasteiger partial charge in [0, 0.05) is 51.7 Å². The van der Waals surface area contributed by atoms with Crippen molar-refractivity contribution in [2.75, 3.05) is 16.4 Å². The Labute approximate surface area is 216 Å². The quantitative estimate of drug-likeness (QED) is 0.239. The number of hydrogen-bond acceptors (Lipinski definition) is 5. The van der Waals surface area contributed by atoms with Crippen LogP contribution >= 0.6 is 23.4 Å². The minimum atomic E-state index is -0.188. The Kier molecular flexibility index (Phi) is 6.75. The Morgan fingerprint density at radius 2 is 1.64 bits per heavy atom. The maximum Gasteiger partial charge on any atom is 0.234 e. The number of hydrogen-bond donors (Lipinski definition) is 3. The van der Waals surface area contributed by atoms with Gasteiger partial charge in [-0.05, 0) is 54.6 Å². The monoisotopic (exact) mass is 516 g/mol. The molecule has 0 bridgehead atoms. The van der Waals surface area contributed by atoms with E-state index in [9.17, 15) is 9.59 Å². The highest BCUT2D eigenvalue weighted by Crippen LogP contribution is 2.32. The topological polar surface area (TPSA) is 105 Å². The largest absolute Gasteiger partial charge is 0.360 e. The summed E-state index contributed by atoms with van der Waals surface area (Å²) in [5.74, 6) is 0.449. The first-order chi connectivity index (χ1) is 17.5. The zero-order valence-electron chi connectivity index (χ0n) is 19.2. The van der Waals surface area contributed by atoms with Crippen LogP contribution in [0, 0.1) is 0 Å². The van der Waals surface area contributed by atoms with Gasteiger partial charge in [0.05, 0.1) is 5.75 Å². The van der Waals surface area contributed by atoms with E-state index in [1.54, 1.807) is 24.3 Å². The lowest BCUT2D eigenvalue weighted by molar-refractivity contribution is -0.114. The number of H-pyrrole nitrogens is 1. The van der Waals surface area contributed by atoms with Crippen LogP contribution in [0.25, 0.3) is 28.0 Å². The van der Waals surface area contributed by atoms with Crippen LogP contribution < -0.4 is 10.6 Å². The van der Waals surface area contributed by atoms with Crippen molar-refractivity contribution in [2.24, 2.45) is 0 Å². The standard InChI is InChI=1S/C26H21ClN6O2S/c1-16(34)29-18-8-10-19(11-9-18)30-24(35)15-36-26-32-31-25(33(26)20-12-6-17(27)7-13-20)22-14-28-23-5-3-2-4-21(22)23/h2-14,28H,15H2,1H3,(H,29,34)(H,30,35). The van der Waals surface area contributed by atoms with Crippen LogP contribution in [0.3, 0.4) is 0 Å². The smallest absolute Gasteiger partial charge is 0.234 e. The molecule has 180 valence electrons. The highest BCUT2D eigenvalue weighted by Gasteiger charge is 2.20. The first-order valence-electron chi connectivity index (χ1n) is 11.1. The number of aromatic amines is 1. The maximum absolute atomic E-state index is 12.7. The zero-order chi connectivity index (χ0) is 25.1. The maximum atomic E-state index is 12.7. The van der Waals surface area contributed by atoms with E-state index in [4.69, 9.17) is 11.6 Å². The summed E-state index contributed by atoms with van der Waals surface area (Å²) in [5.41, 5.74) is 4.03. The van der Waals surface area contributed by atoms with E-state index in [1.807, 2.05) is 59.3 Å². The summed E-state index contributed by atoms with van der Waals surface area (Å²) in [7, 11) is 0.